The predicted molar refractivity (Wildman–Crippen MR) is 108 cm³/mol. The summed E-state index contributed by atoms with van der Waals surface area (Å²) in [4.78, 5) is 28.2. The summed E-state index contributed by atoms with van der Waals surface area (Å²) in [6, 6.07) is 5.45. The van der Waals surface area contributed by atoms with Gasteiger partial charge in [-0.05, 0) is 51.0 Å². The Balaban J connectivity index is 2.13. The van der Waals surface area contributed by atoms with Crippen LogP contribution >= 0.6 is 0 Å². The highest BCUT2D eigenvalue weighted by atomic mass is 32.2. The normalized spacial score (nSPS) is 18.1. The van der Waals surface area contributed by atoms with Crippen LogP contribution < -0.4 is 15.1 Å². The van der Waals surface area contributed by atoms with Crippen LogP contribution in [0, 0.1) is 6.92 Å². The minimum absolute atomic E-state index is 0.0313. The van der Waals surface area contributed by atoms with Crippen LogP contribution in [0.15, 0.2) is 18.2 Å². The molecule has 0 aliphatic carbocycles. The van der Waals surface area contributed by atoms with Gasteiger partial charge in [0.15, 0.2) is 9.84 Å². The van der Waals surface area contributed by atoms with E-state index in [4.69, 9.17) is 0 Å². The van der Waals surface area contributed by atoms with Crippen LogP contribution in [0.4, 0.5) is 11.4 Å². The number of aryl methyl sites for hydroxylation is 1. The van der Waals surface area contributed by atoms with E-state index in [1.165, 1.54) is 11.8 Å². The van der Waals surface area contributed by atoms with Crippen LogP contribution in [0.3, 0.4) is 0 Å². The van der Waals surface area contributed by atoms with Crippen LogP contribution in [0.25, 0.3) is 0 Å². The first-order chi connectivity index (χ1) is 12.7. The largest absolute Gasteiger partial charge is 0.372 e. The van der Waals surface area contributed by atoms with Crippen molar-refractivity contribution < 1.29 is 18.0 Å². The average molecular weight is 396 g/mol. The summed E-state index contributed by atoms with van der Waals surface area (Å²) in [5, 5.41) is 2.74. The lowest BCUT2D eigenvalue weighted by atomic mass is 10.1. The highest BCUT2D eigenvalue weighted by Crippen LogP contribution is 2.26. The van der Waals surface area contributed by atoms with Crippen LogP contribution in [0.2, 0.25) is 0 Å². The van der Waals surface area contributed by atoms with Gasteiger partial charge >= 0.3 is 0 Å². The molecule has 1 atom stereocenters. The average Bonchev–Trinajstić information content (AvgIpc) is 2.92. The van der Waals surface area contributed by atoms with E-state index in [9.17, 15) is 18.0 Å². The molecule has 0 radical (unpaired) electrons. The monoisotopic (exact) mass is 395 g/mol. The molecule has 1 heterocycles. The van der Waals surface area contributed by atoms with E-state index in [-0.39, 0.29) is 35.9 Å². The first kappa shape index (κ1) is 21.2. The summed E-state index contributed by atoms with van der Waals surface area (Å²) in [6.45, 7) is 9.16. The molecule has 0 saturated carbocycles. The fourth-order valence-corrected chi connectivity index (χ4v) is 5.09. The van der Waals surface area contributed by atoms with Crippen molar-refractivity contribution >= 4 is 33.0 Å². The molecule has 0 spiro atoms. The van der Waals surface area contributed by atoms with E-state index in [0.29, 0.717) is 12.1 Å². The molecule has 1 unspecified atom stereocenters. The number of carbonyl (C=O) groups excluding carboxylic acids is 2. The number of hydrogen-bond donors (Lipinski definition) is 1. The van der Waals surface area contributed by atoms with Crippen molar-refractivity contribution in [1.29, 1.82) is 0 Å². The number of carbonyl (C=O) groups is 2. The van der Waals surface area contributed by atoms with Gasteiger partial charge in [0, 0.05) is 37.4 Å². The lowest BCUT2D eigenvalue weighted by molar-refractivity contribution is -0.123. The molecule has 7 nitrogen and oxygen atoms in total. The fraction of sp³-hybridized carbons (Fsp3) is 0.579. The van der Waals surface area contributed by atoms with Gasteiger partial charge in [-0.3, -0.25) is 9.59 Å². The van der Waals surface area contributed by atoms with Gasteiger partial charge in [-0.15, -0.1) is 0 Å². The van der Waals surface area contributed by atoms with Gasteiger partial charge in [0.2, 0.25) is 11.8 Å². The molecule has 0 bridgehead atoms. The zero-order chi connectivity index (χ0) is 20.2. The molecule has 27 heavy (non-hydrogen) atoms. The second-order valence-corrected chi connectivity index (χ2v) is 9.14. The third-order valence-corrected chi connectivity index (χ3v) is 6.65. The maximum Gasteiger partial charge on any atom is 0.240 e. The Labute approximate surface area is 161 Å². The quantitative estimate of drug-likeness (QED) is 0.756. The van der Waals surface area contributed by atoms with E-state index < -0.39 is 9.84 Å². The first-order valence-corrected chi connectivity index (χ1v) is 11.1. The van der Waals surface area contributed by atoms with Gasteiger partial charge < -0.3 is 15.1 Å². The maximum atomic E-state index is 12.4. The second-order valence-electron chi connectivity index (χ2n) is 6.92. The number of amides is 2. The van der Waals surface area contributed by atoms with Crippen molar-refractivity contribution in [1.82, 2.24) is 5.32 Å². The number of nitrogens with one attached hydrogen (secondary N) is 1. The fourth-order valence-electron chi connectivity index (χ4n) is 3.42. The van der Waals surface area contributed by atoms with Crippen LogP contribution in [-0.2, 0) is 19.4 Å². The highest BCUT2D eigenvalue weighted by molar-refractivity contribution is 7.91. The van der Waals surface area contributed by atoms with Crippen molar-refractivity contribution in [3.63, 3.8) is 0 Å². The lowest BCUT2D eigenvalue weighted by Gasteiger charge is -2.26. The smallest absolute Gasteiger partial charge is 0.240 e. The molecule has 1 N–H and O–H groups in total. The van der Waals surface area contributed by atoms with E-state index in [1.54, 1.807) is 0 Å². The summed E-state index contributed by atoms with van der Waals surface area (Å²) in [7, 11) is -3.06. The second kappa shape index (κ2) is 8.73. The molecule has 1 aromatic carbocycles. The third kappa shape index (κ3) is 5.45. The Morgan fingerprint density at radius 3 is 2.37 bits per heavy atom. The minimum Gasteiger partial charge on any atom is -0.372 e. The molecule has 0 aromatic heterocycles. The molecule has 1 aliphatic heterocycles. The molecule has 1 fully saturated rings. The van der Waals surface area contributed by atoms with E-state index in [1.807, 2.05) is 25.1 Å². The van der Waals surface area contributed by atoms with Crippen molar-refractivity contribution in [2.75, 3.05) is 40.9 Å². The molecule has 2 rings (SSSR count). The van der Waals surface area contributed by atoms with Gasteiger partial charge in [0.25, 0.3) is 0 Å². The van der Waals surface area contributed by atoms with Gasteiger partial charge in [-0.25, -0.2) is 8.42 Å². The number of sulfone groups is 1. The van der Waals surface area contributed by atoms with Gasteiger partial charge in [-0.1, -0.05) is 0 Å². The van der Waals surface area contributed by atoms with Gasteiger partial charge in [0.05, 0.1) is 11.5 Å². The summed E-state index contributed by atoms with van der Waals surface area (Å²) in [5.41, 5.74) is 2.67. The van der Waals surface area contributed by atoms with E-state index >= 15 is 0 Å². The Bertz CT molecular complexity index is 803. The lowest BCUT2D eigenvalue weighted by Crippen LogP contribution is -2.44. The van der Waals surface area contributed by atoms with Crippen LogP contribution in [0.1, 0.15) is 32.8 Å². The highest BCUT2D eigenvalue weighted by Gasteiger charge is 2.29. The Hall–Kier alpha value is -2.09. The molecular formula is C19H29N3O4S. The van der Waals surface area contributed by atoms with Crippen molar-refractivity contribution in [2.45, 2.75) is 40.2 Å². The molecular weight excluding hydrogens is 366 g/mol. The van der Waals surface area contributed by atoms with Crippen LogP contribution in [-0.4, -0.2) is 57.4 Å². The third-order valence-electron chi connectivity index (χ3n) is 4.88. The minimum atomic E-state index is -3.06. The Morgan fingerprint density at radius 1 is 1.22 bits per heavy atom. The zero-order valence-corrected chi connectivity index (χ0v) is 17.3. The number of anilines is 2. The maximum absolute atomic E-state index is 12.4. The summed E-state index contributed by atoms with van der Waals surface area (Å²) in [6.07, 6.45) is 0.422. The zero-order valence-electron chi connectivity index (χ0n) is 16.5. The molecule has 1 saturated heterocycles. The summed E-state index contributed by atoms with van der Waals surface area (Å²) >= 11 is 0. The SMILES string of the molecule is CCN(CC)c1ccc(N(CC(=O)NC2CCS(=O)(=O)C2)C(C)=O)c(C)c1. The van der Waals surface area contributed by atoms with Crippen molar-refractivity contribution in [2.24, 2.45) is 0 Å². The number of nitrogens with zero attached hydrogens (tertiary/aromatic N) is 2. The molecule has 150 valence electrons. The Kier molecular flexibility index (Phi) is 6.86. The van der Waals surface area contributed by atoms with Crippen LogP contribution in [0.5, 0.6) is 0 Å². The Morgan fingerprint density at radius 2 is 1.89 bits per heavy atom. The number of benzene rings is 1. The number of rotatable bonds is 7. The molecule has 2 amide bonds. The van der Waals surface area contributed by atoms with Gasteiger partial charge in [0.1, 0.15) is 6.54 Å². The topological polar surface area (TPSA) is 86.8 Å². The van der Waals surface area contributed by atoms with Crippen molar-refractivity contribution in [3.05, 3.63) is 23.8 Å². The van der Waals surface area contributed by atoms with E-state index in [0.717, 1.165) is 24.3 Å². The molecule has 8 heteroatoms. The molecule has 1 aliphatic rings. The summed E-state index contributed by atoms with van der Waals surface area (Å²) < 4.78 is 23.1. The van der Waals surface area contributed by atoms with E-state index in [2.05, 4.69) is 24.1 Å². The number of hydrogen-bond acceptors (Lipinski definition) is 5. The van der Waals surface area contributed by atoms with Crippen molar-refractivity contribution in [3.8, 4) is 0 Å². The first-order valence-electron chi connectivity index (χ1n) is 9.30. The van der Waals surface area contributed by atoms with Gasteiger partial charge in [-0.2, -0.15) is 0 Å². The summed E-state index contributed by atoms with van der Waals surface area (Å²) in [5.74, 6) is -0.515. The molecule has 1 aromatic rings. The standard InChI is InChI=1S/C19H29N3O4S/c1-5-21(6-2)17-7-8-18(14(3)11-17)22(15(4)23)12-19(24)20-16-9-10-27(25,26)13-16/h7-8,11,16H,5-6,9-10,12-13H2,1-4H3,(H,20,24). The predicted octanol–water partition coefficient (Wildman–Crippen LogP) is 1.50.